The van der Waals surface area contributed by atoms with Gasteiger partial charge in [0.05, 0.1) is 11.5 Å². The first-order chi connectivity index (χ1) is 13.1. The smallest absolute Gasteiger partial charge is 0.266 e. The molecule has 144 valence electrons. The monoisotopic (exact) mass is 404 g/mol. The Labute approximate surface area is 169 Å². The van der Waals surface area contributed by atoms with Crippen LogP contribution < -0.4 is 0 Å². The van der Waals surface area contributed by atoms with Gasteiger partial charge in [-0.1, -0.05) is 66.5 Å². The van der Waals surface area contributed by atoms with Crippen LogP contribution in [0, 0.1) is 0 Å². The zero-order valence-electron chi connectivity index (χ0n) is 15.3. The van der Waals surface area contributed by atoms with E-state index in [0.29, 0.717) is 41.7 Å². The molecule has 1 heterocycles. The van der Waals surface area contributed by atoms with Gasteiger partial charge in [-0.3, -0.25) is 14.5 Å². The average Bonchev–Trinajstić information content (AvgIpc) is 2.94. The van der Waals surface area contributed by atoms with Crippen molar-refractivity contribution in [2.45, 2.75) is 19.8 Å². The molecule has 1 aliphatic heterocycles. The minimum Gasteiger partial charge on any atom is -0.395 e. The van der Waals surface area contributed by atoms with E-state index >= 15 is 0 Å². The van der Waals surface area contributed by atoms with Crippen LogP contribution in [0.1, 0.15) is 25.3 Å². The largest absolute Gasteiger partial charge is 0.395 e. The third-order valence-electron chi connectivity index (χ3n) is 4.09. The number of hydrogen-bond acceptors (Lipinski definition) is 5. The predicted octanol–water partition coefficient (Wildman–Crippen LogP) is 3.07. The molecule has 0 aliphatic carbocycles. The van der Waals surface area contributed by atoms with Gasteiger partial charge in [0, 0.05) is 26.1 Å². The van der Waals surface area contributed by atoms with Gasteiger partial charge in [-0.15, -0.1) is 0 Å². The molecule has 2 rings (SSSR count). The molecule has 1 aromatic rings. The number of amides is 2. The third kappa shape index (κ3) is 6.30. The van der Waals surface area contributed by atoms with Gasteiger partial charge >= 0.3 is 0 Å². The predicted molar refractivity (Wildman–Crippen MR) is 114 cm³/mol. The molecular weight excluding hydrogens is 380 g/mol. The van der Waals surface area contributed by atoms with E-state index in [2.05, 4.69) is 0 Å². The first-order valence-electron chi connectivity index (χ1n) is 8.92. The molecule has 7 heteroatoms. The summed E-state index contributed by atoms with van der Waals surface area (Å²) < 4.78 is 0.523. The maximum absolute atomic E-state index is 12.5. The SMILES string of the molecule is CCN(CCO)C(=O)CCCN1C(=O)/C(=C/C=C/c2ccccc2)SC1=S. The maximum atomic E-state index is 12.5. The fraction of sp³-hybridized carbons (Fsp3) is 0.350. The molecule has 0 atom stereocenters. The summed E-state index contributed by atoms with van der Waals surface area (Å²) >= 11 is 6.59. The number of aliphatic hydroxyl groups is 1. The van der Waals surface area contributed by atoms with Crippen molar-refractivity contribution in [1.29, 1.82) is 0 Å². The summed E-state index contributed by atoms with van der Waals surface area (Å²) in [5.74, 6) is -0.129. The average molecular weight is 405 g/mol. The van der Waals surface area contributed by atoms with Gasteiger partial charge < -0.3 is 10.0 Å². The number of rotatable bonds is 9. The summed E-state index contributed by atoms with van der Waals surface area (Å²) in [6.45, 7) is 3.16. The lowest BCUT2D eigenvalue weighted by Crippen LogP contribution is -2.34. The molecule has 0 radical (unpaired) electrons. The van der Waals surface area contributed by atoms with Crippen molar-refractivity contribution in [3.8, 4) is 0 Å². The van der Waals surface area contributed by atoms with E-state index in [1.807, 2.05) is 49.4 Å². The van der Waals surface area contributed by atoms with E-state index in [-0.39, 0.29) is 18.4 Å². The molecule has 1 saturated heterocycles. The number of thioether (sulfide) groups is 1. The van der Waals surface area contributed by atoms with Crippen molar-refractivity contribution in [3.05, 3.63) is 53.0 Å². The molecule has 1 fully saturated rings. The Morgan fingerprint density at radius 2 is 2.07 bits per heavy atom. The molecule has 0 spiro atoms. The van der Waals surface area contributed by atoms with Crippen molar-refractivity contribution in [1.82, 2.24) is 9.80 Å². The Hall–Kier alpha value is -1.96. The zero-order chi connectivity index (χ0) is 19.6. The second-order valence-corrected chi connectivity index (χ2v) is 7.60. The highest BCUT2D eigenvalue weighted by Crippen LogP contribution is 2.31. The Morgan fingerprint density at radius 1 is 1.33 bits per heavy atom. The normalized spacial score (nSPS) is 15.9. The van der Waals surface area contributed by atoms with E-state index in [9.17, 15) is 9.59 Å². The second kappa shape index (κ2) is 11.0. The molecule has 0 bridgehead atoms. The fourth-order valence-electron chi connectivity index (χ4n) is 2.64. The standard InChI is InChI=1S/C20H24N2O3S2/c1-2-21(14-15-23)18(24)12-7-13-22-19(25)17(27-20(22)26)11-6-10-16-8-4-3-5-9-16/h3-6,8-11,23H,2,7,12-15H2,1H3/b10-6+,17-11-. The van der Waals surface area contributed by atoms with Crippen LogP contribution in [0.25, 0.3) is 6.08 Å². The van der Waals surface area contributed by atoms with Gasteiger partial charge in [-0.25, -0.2) is 0 Å². The van der Waals surface area contributed by atoms with Crippen LogP contribution in [0.2, 0.25) is 0 Å². The Bertz CT molecular complexity index is 732. The molecule has 0 saturated carbocycles. The molecule has 5 nitrogen and oxygen atoms in total. The number of nitrogens with zero attached hydrogens (tertiary/aromatic N) is 2. The topological polar surface area (TPSA) is 60.9 Å². The number of thiocarbonyl (C=S) groups is 1. The molecule has 0 unspecified atom stereocenters. The van der Waals surface area contributed by atoms with Gasteiger partial charge in [0.1, 0.15) is 4.32 Å². The summed E-state index contributed by atoms with van der Waals surface area (Å²) in [4.78, 5) is 28.4. The van der Waals surface area contributed by atoms with Crippen molar-refractivity contribution in [2.75, 3.05) is 26.2 Å². The molecular formula is C20H24N2O3S2. The first-order valence-corrected chi connectivity index (χ1v) is 10.1. The molecule has 1 N–H and O–H groups in total. The van der Waals surface area contributed by atoms with Crippen LogP contribution in [-0.4, -0.2) is 57.3 Å². The lowest BCUT2D eigenvalue weighted by atomic mass is 10.2. The van der Waals surface area contributed by atoms with Crippen LogP contribution in [0.15, 0.2) is 47.4 Å². The van der Waals surface area contributed by atoms with E-state index in [1.165, 1.54) is 11.8 Å². The van der Waals surface area contributed by atoms with E-state index in [1.54, 1.807) is 15.9 Å². The number of benzene rings is 1. The number of carbonyl (C=O) groups excluding carboxylic acids is 2. The number of likely N-dealkylation sites (N-methyl/N-ethyl adjacent to an activating group) is 1. The number of aliphatic hydroxyl groups excluding tert-OH is 1. The van der Waals surface area contributed by atoms with Crippen LogP contribution in [0.5, 0.6) is 0 Å². The van der Waals surface area contributed by atoms with Crippen molar-refractivity contribution < 1.29 is 14.7 Å². The quantitative estimate of drug-likeness (QED) is 0.506. The summed E-state index contributed by atoms with van der Waals surface area (Å²) in [7, 11) is 0. The van der Waals surface area contributed by atoms with Gasteiger partial charge in [0.2, 0.25) is 5.91 Å². The summed E-state index contributed by atoms with van der Waals surface area (Å²) in [6.07, 6.45) is 6.43. The second-order valence-electron chi connectivity index (χ2n) is 5.93. The van der Waals surface area contributed by atoms with Crippen LogP contribution in [0.4, 0.5) is 0 Å². The summed E-state index contributed by atoms with van der Waals surface area (Å²) in [5, 5.41) is 8.98. The number of allylic oxidation sites excluding steroid dienone is 2. The molecule has 1 aliphatic rings. The lowest BCUT2D eigenvalue weighted by Gasteiger charge is -2.20. The van der Waals surface area contributed by atoms with Gasteiger partial charge in [-0.05, 0) is 25.0 Å². The van der Waals surface area contributed by atoms with E-state index < -0.39 is 0 Å². The lowest BCUT2D eigenvalue weighted by molar-refractivity contribution is -0.132. The number of carbonyl (C=O) groups is 2. The first kappa shape index (κ1) is 21.3. The molecule has 0 aromatic heterocycles. The van der Waals surface area contributed by atoms with Crippen LogP contribution in [-0.2, 0) is 9.59 Å². The minimum absolute atomic E-state index is 0.0154. The highest BCUT2D eigenvalue weighted by atomic mass is 32.2. The fourth-order valence-corrected chi connectivity index (χ4v) is 3.90. The van der Waals surface area contributed by atoms with E-state index in [4.69, 9.17) is 17.3 Å². The molecule has 1 aromatic carbocycles. The van der Waals surface area contributed by atoms with Crippen molar-refractivity contribution in [3.63, 3.8) is 0 Å². The highest BCUT2D eigenvalue weighted by Gasteiger charge is 2.31. The third-order valence-corrected chi connectivity index (χ3v) is 5.48. The number of hydrogen-bond donors (Lipinski definition) is 1. The Morgan fingerprint density at radius 3 is 2.74 bits per heavy atom. The highest BCUT2D eigenvalue weighted by molar-refractivity contribution is 8.26. The molecule has 2 amide bonds. The van der Waals surface area contributed by atoms with Crippen LogP contribution in [0.3, 0.4) is 0 Å². The molecule has 27 heavy (non-hydrogen) atoms. The maximum Gasteiger partial charge on any atom is 0.266 e. The van der Waals surface area contributed by atoms with Crippen molar-refractivity contribution >= 4 is 46.2 Å². The van der Waals surface area contributed by atoms with Crippen molar-refractivity contribution in [2.24, 2.45) is 0 Å². The summed E-state index contributed by atoms with van der Waals surface area (Å²) in [5.41, 5.74) is 1.06. The van der Waals surface area contributed by atoms with Gasteiger partial charge in [0.15, 0.2) is 0 Å². The van der Waals surface area contributed by atoms with Gasteiger partial charge in [-0.2, -0.15) is 0 Å². The summed E-state index contributed by atoms with van der Waals surface area (Å²) in [6, 6.07) is 9.85. The minimum atomic E-state index is -0.113. The van der Waals surface area contributed by atoms with Gasteiger partial charge in [0.25, 0.3) is 5.91 Å². The Kier molecular flexibility index (Phi) is 8.71. The zero-order valence-corrected chi connectivity index (χ0v) is 17.0. The Balaban J connectivity index is 1.87. The van der Waals surface area contributed by atoms with E-state index in [0.717, 1.165) is 5.56 Å². The van der Waals surface area contributed by atoms with Crippen LogP contribution >= 0.6 is 24.0 Å².